The summed E-state index contributed by atoms with van der Waals surface area (Å²) in [5.41, 5.74) is 13.2. The molecule has 4 aromatic rings. The zero-order chi connectivity index (χ0) is 20.0. The number of hydrogen-bond donors (Lipinski definition) is 2. The first kappa shape index (κ1) is 17.6. The summed E-state index contributed by atoms with van der Waals surface area (Å²) in [5.74, 6) is 1.50. The number of rotatable bonds is 3. The number of nitrogen functional groups attached to an aromatic ring is 1. The molecule has 29 heavy (non-hydrogen) atoms. The molecule has 0 unspecified atom stereocenters. The van der Waals surface area contributed by atoms with Crippen LogP contribution in [-0.4, -0.2) is 15.0 Å². The number of nitrogens with two attached hydrogens (primary N) is 1. The summed E-state index contributed by atoms with van der Waals surface area (Å²) < 4.78 is 0. The van der Waals surface area contributed by atoms with Gasteiger partial charge in [0.05, 0.1) is 17.1 Å². The van der Waals surface area contributed by atoms with E-state index in [1.54, 1.807) is 0 Å². The van der Waals surface area contributed by atoms with E-state index in [2.05, 4.69) is 35.6 Å². The Hall–Kier alpha value is -3.47. The van der Waals surface area contributed by atoms with Crippen LogP contribution >= 0.6 is 0 Å². The maximum absolute atomic E-state index is 6.01. The van der Waals surface area contributed by atoms with E-state index < -0.39 is 0 Å². The van der Waals surface area contributed by atoms with E-state index in [1.165, 1.54) is 11.1 Å². The standard InChI is InChI=1S/C24H23N5/c1-14-11-15(2)27-23(26-14)20-13-17-12-18(25)8-10-21(17)28-24(20)29-22-9-7-16-5-3-4-6-19(16)22/h3-6,8,10-13,22H,7,9,25H2,1-2H3,(H,28,29)/t22-/m1/s1. The highest BCUT2D eigenvalue weighted by atomic mass is 15.0. The molecule has 0 spiro atoms. The number of pyridine rings is 1. The summed E-state index contributed by atoms with van der Waals surface area (Å²) in [4.78, 5) is 14.3. The fourth-order valence-corrected chi connectivity index (χ4v) is 4.19. The van der Waals surface area contributed by atoms with Gasteiger partial charge in [0.15, 0.2) is 5.82 Å². The molecule has 5 rings (SSSR count). The number of aryl methyl sites for hydroxylation is 3. The monoisotopic (exact) mass is 381 g/mol. The van der Waals surface area contributed by atoms with E-state index in [9.17, 15) is 0 Å². The summed E-state index contributed by atoms with van der Waals surface area (Å²) in [6.07, 6.45) is 2.13. The van der Waals surface area contributed by atoms with E-state index >= 15 is 0 Å². The largest absolute Gasteiger partial charge is 0.399 e. The van der Waals surface area contributed by atoms with Crippen LogP contribution < -0.4 is 11.1 Å². The lowest BCUT2D eigenvalue weighted by atomic mass is 10.1. The normalized spacial score (nSPS) is 15.4. The summed E-state index contributed by atoms with van der Waals surface area (Å²) in [7, 11) is 0. The van der Waals surface area contributed by atoms with E-state index in [0.29, 0.717) is 5.82 Å². The van der Waals surface area contributed by atoms with E-state index in [-0.39, 0.29) is 6.04 Å². The number of nitrogens with zero attached hydrogens (tertiary/aromatic N) is 3. The maximum Gasteiger partial charge on any atom is 0.163 e. The molecule has 0 saturated carbocycles. The van der Waals surface area contributed by atoms with Gasteiger partial charge >= 0.3 is 0 Å². The lowest BCUT2D eigenvalue weighted by molar-refractivity contribution is 0.758. The van der Waals surface area contributed by atoms with Crippen LogP contribution in [0.15, 0.2) is 54.6 Å². The quantitative estimate of drug-likeness (QED) is 0.489. The highest BCUT2D eigenvalue weighted by molar-refractivity contribution is 5.89. The van der Waals surface area contributed by atoms with E-state index in [1.807, 2.05) is 38.1 Å². The summed E-state index contributed by atoms with van der Waals surface area (Å²) in [5, 5.41) is 4.67. The molecule has 1 aliphatic rings. The highest BCUT2D eigenvalue weighted by Gasteiger charge is 2.24. The second-order valence-corrected chi connectivity index (χ2v) is 7.75. The Balaban J connectivity index is 1.66. The molecule has 144 valence electrons. The molecule has 2 heterocycles. The van der Waals surface area contributed by atoms with Crippen molar-refractivity contribution in [1.29, 1.82) is 0 Å². The fourth-order valence-electron chi connectivity index (χ4n) is 4.19. The van der Waals surface area contributed by atoms with Gasteiger partial charge in [-0.1, -0.05) is 24.3 Å². The molecule has 0 fully saturated rings. The van der Waals surface area contributed by atoms with Crippen molar-refractivity contribution in [3.8, 4) is 11.4 Å². The van der Waals surface area contributed by atoms with Gasteiger partial charge in [0, 0.05) is 22.5 Å². The zero-order valence-electron chi connectivity index (χ0n) is 16.6. The molecule has 1 aliphatic carbocycles. The van der Waals surface area contributed by atoms with Gasteiger partial charge in [-0.05, 0) is 68.1 Å². The van der Waals surface area contributed by atoms with Crippen LogP contribution in [0.5, 0.6) is 0 Å². The molecule has 2 aromatic carbocycles. The first-order chi connectivity index (χ1) is 14.1. The van der Waals surface area contributed by atoms with Gasteiger partial charge in [-0.15, -0.1) is 0 Å². The summed E-state index contributed by atoms with van der Waals surface area (Å²) >= 11 is 0. The molecule has 2 aromatic heterocycles. The third kappa shape index (κ3) is 3.29. The van der Waals surface area contributed by atoms with Gasteiger partial charge in [-0.25, -0.2) is 15.0 Å². The van der Waals surface area contributed by atoms with Gasteiger partial charge < -0.3 is 11.1 Å². The van der Waals surface area contributed by atoms with Crippen molar-refractivity contribution in [2.24, 2.45) is 0 Å². The molecule has 0 radical (unpaired) electrons. The lowest BCUT2D eigenvalue weighted by Gasteiger charge is -2.18. The van der Waals surface area contributed by atoms with Gasteiger partial charge in [0.25, 0.3) is 0 Å². The van der Waals surface area contributed by atoms with Crippen molar-refractivity contribution in [1.82, 2.24) is 15.0 Å². The first-order valence-electron chi connectivity index (χ1n) is 9.94. The van der Waals surface area contributed by atoms with E-state index in [0.717, 1.165) is 52.2 Å². The molecule has 3 N–H and O–H groups in total. The van der Waals surface area contributed by atoms with Crippen molar-refractivity contribution in [2.45, 2.75) is 32.7 Å². The number of nitrogens with one attached hydrogen (secondary N) is 1. The first-order valence-corrected chi connectivity index (χ1v) is 9.94. The Morgan fingerprint density at radius 1 is 0.931 bits per heavy atom. The Morgan fingerprint density at radius 2 is 1.72 bits per heavy atom. The number of fused-ring (bicyclic) bond motifs is 2. The third-order valence-corrected chi connectivity index (χ3v) is 5.51. The van der Waals surface area contributed by atoms with Crippen LogP contribution in [0.4, 0.5) is 11.5 Å². The SMILES string of the molecule is Cc1cc(C)nc(-c2cc3cc(N)ccc3nc2N[C@@H]2CCc3ccccc32)n1. The van der Waals surface area contributed by atoms with Crippen LogP contribution in [0.3, 0.4) is 0 Å². The van der Waals surface area contributed by atoms with Crippen molar-refractivity contribution >= 4 is 22.4 Å². The van der Waals surface area contributed by atoms with Crippen molar-refractivity contribution in [2.75, 3.05) is 11.1 Å². The third-order valence-electron chi connectivity index (χ3n) is 5.51. The van der Waals surface area contributed by atoms with Gasteiger partial charge in [-0.2, -0.15) is 0 Å². The fraction of sp³-hybridized carbons (Fsp3) is 0.208. The number of anilines is 2. The molecule has 0 bridgehead atoms. The molecule has 0 saturated heterocycles. The number of aromatic nitrogens is 3. The number of hydrogen-bond acceptors (Lipinski definition) is 5. The summed E-state index contributed by atoms with van der Waals surface area (Å²) in [6, 6.07) is 18.7. The Morgan fingerprint density at radius 3 is 2.55 bits per heavy atom. The van der Waals surface area contributed by atoms with Gasteiger partial charge in [0.2, 0.25) is 0 Å². The molecule has 1 atom stereocenters. The summed E-state index contributed by atoms with van der Waals surface area (Å²) in [6.45, 7) is 3.98. The highest BCUT2D eigenvalue weighted by Crippen LogP contribution is 2.37. The van der Waals surface area contributed by atoms with Crippen LogP contribution in [0.25, 0.3) is 22.3 Å². The Bertz CT molecular complexity index is 1210. The minimum Gasteiger partial charge on any atom is -0.399 e. The lowest BCUT2D eigenvalue weighted by Crippen LogP contribution is -2.10. The van der Waals surface area contributed by atoms with Crippen LogP contribution in [0.2, 0.25) is 0 Å². The van der Waals surface area contributed by atoms with Crippen LogP contribution in [-0.2, 0) is 6.42 Å². The van der Waals surface area contributed by atoms with Gasteiger partial charge in [-0.3, -0.25) is 0 Å². The predicted molar refractivity (Wildman–Crippen MR) is 118 cm³/mol. The zero-order valence-corrected chi connectivity index (χ0v) is 16.6. The van der Waals surface area contributed by atoms with Crippen molar-refractivity contribution < 1.29 is 0 Å². The molecular formula is C24H23N5. The number of benzene rings is 2. The van der Waals surface area contributed by atoms with Crippen molar-refractivity contribution in [3.63, 3.8) is 0 Å². The average Bonchev–Trinajstić information content (AvgIpc) is 3.10. The molecule has 0 aliphatic heterocycles. The minimum absolute atomic E-state index is 0.231. The average molecular weight is 381 g/mol. The van der Waals surface area contributed by atoms with Crippen LogP contribution in [0, 0.1) is 13.8 Å². The van der Waals surface area contributed by atoms with Gasteiger partial charge in [0.1, 0.15) is 5.82 Å². The van der Waals surface area contributed by atoms with Crippen LogP contribution in [0.1, 0.15) is 35.0 Å². The smallest absolute Gasteiger partial charge is 0.163 e. The minimum atomic E-state index is 0.231. The molecule has 5 nitrogen and oxygen atoms in total. The molecule has 5 heteroatoms. The maximum atomic E-state index is 6.01. The predicted octanol–water partition coefficient (Wildman–Crippen LogP) is 4.99. The molecular weight excluding hydrogens is 358 g/mol. The molecule has 0 amide bonds. The Labute approximate surface area is 170 Å². The van der Waals surface area contributed by atoms with E-state index in [4.69, 9.17) is 20.7 Å². The second kappa shape index (κ2) is 6.85. The second-order valence-electron chi connectivity index (χ2n) is 7.75. The van der Waals surface area contributed by atoms with Crippen molar-refractivity contribution in [3.05, 3.63) is 77.1 Å². The topological polar surface area (TPSA) is 76.7 Å². The Kier molecular flexibility index (Phi) is 4.16.